The van der Waals surface area contributed by atoms with Gasteiger partial charge in [0.2, 0.25) is 0 Å². The molecule has 148 valence electrons. The summed E-state index contributed by atoms with van der Waals surface area (Å²) in [5.74, 6) is -0.177. The number of benzene rings is 1. The first kappa shape index (κ1) is 21.0. The smallest absolute Gasteiger partial charge is 0.305 e. The number of sulfonamides is 1. The van der Waals surface area contributed by atoms with E-state index in [2.05, 4.69) is 19.7 Å². The number of methoxy groups -OCH3 is 1. The minimum absolute atomic E-state index is 0.177. The van der Waals surface area contributed by atoms with Crippen molar-refractivity contribution < 1.29 is 17.9 Å². The Balaban J connectivity index is 1.91. The number of rotatable bonds is 10. The lowest BCUT2D eigenvalue weighted by atomic mass is 10.1. The molecule has 7 nitrogen and oxygen atoms in total. The minimum atomic E-state index is -3.66. The molecular formula is C19H27N3O4S. The minimum Gasteiger partial charge on any atom is -0.469 e. The number of anilines is 1. The molecule has 0 atom stereocenters. The summed E-state index contributed by atoms with van der Waals surface area (Å²) in [7, 11) is -2.27. The molecule has 8 heteroatoms. The van der Waals surface area contributed by atoms with Gasteiger partial charge in [0.1, 0.15) is 0 Å². The van der Waals surface area contributed by atoms with Crippen molar-refractivity contribution in [2.24, 2.45) is 0 Å². The number of carbonyl (C=O) groups is 1. The van der Waals surface area contributed by atoms with E-state index in [9.17, 15) is 13.2 Å². The van der Waals surface area contributed by atoms with Gasteiger partial charge in [0.25, 0.3) is 10.0 Å². The summed E-state index contributed by atoms with van der Waals surface area (Å²) in [6, 6.07) is 6.99. The third kappa shape index (κ3) is 6.09. The first-order chi connectivity index (χ1) is 12.8. The van der Waals surface area contributed by atoms with Gasteiger partial charge in [-0.05, 0) is 50.8 Å². The number of nitrogens with one attached hydrogen (secondary N) is 2. The van der Waals surface area contributed by atoms with E-state index in [0.29, 0.717) is 23.5 Å². The van der Waals surface area contributed by atoms with Crippen LogP contribution in [-0.2, 0) is 26.0 Å². The second kappa shape index (κ2) is 9.55. The highest BCUT2D eigenvalue weighted by molar-refractivity contribution is 7.92. The Morgan fingerprint density at radius 1 is 1.19 bits per heavy atom. The molecule has 2 aromatic rings. The predicted octanol–water partition coefficient (Wildman–Crippen LogP) is 3.49. The van der Waals surface area contributed by atoms with Crippen LogP contribution in [0.4, 0.5) is 5.69 Å². The van der Waals surface area contributed by atoms with Crippen molar-refractivity contribution in [3.05, 3.63) is 41.2 Å². The van der Waals surface area contributed by atoms with Gasteiger partial charge in [0, 0.05) is 6.42 Å². The second-order valence-corrected chi connectivity index (χ2v) is 8.23. The Bertz CT molecular complexity index is 855. The zero-order valence-electron chi connectivity index (χ0n) is 16.0. The largest absolute Gasteiger partial charge is 0.469 e. The maximum atomic E-state index is 12.7. The van der Waals surface area contributed by atoms with Crippen molar-refractivity contribution >= 4 is 21.7 Å². The summed E-state index contributed by atoms with van der Waals surface area (Å²) in [6.45, 7) is 3.52. The van der Waals surface area contributed by atoms with Crippen molar-refractivity contribution in [3.8, 4) is 0 Å². The summed E-state index contributed by atoms with van der Waals surface area (Å²) < 4.78 is 32.6. The average Bonchev–Trinajstić information content (AvgIpc) is 2.96. The normalized spacial score (nSPS) is 11.4. The van der Waals surface area contributed by atoms with Crippen molar-refractivity contribution in [1.29, 1.82) is 0 Å². The average molecular weight is 394 g/mol. The van der Waals surface area contributed by atoms with E-state index >= 15 is 0 Å². The standard InChI is InChI=1S/C19H27N3O4S/c1-14-19(15(2)21-20-14)22-27(24,25)17-11-8-10-16(13-17)9-6-4-5-7-12-18(23)26-3/h8,10-11,13,22H,4-7,9,12H2,1-3H3,(H,20,21). The van der Waals surface area contributed by atoms with E-state index in [1.165, 1.54) is 7.11 Å². The molecule has 0 saturated carbocycles. The van der Waals surface area contributed by atoms with E-state index in [0.717, 1.165) is 37.7 Å². The van der Waals surface area contributed by atoms with Gasteiger partial charge < -0.3 is 4.74 Å². The lowest BCUT2D eigenvalue weighted by molar-refractivity contribution is -0.140. The van der Waals surface area contributed by atoms with Crippen LogP contribution in [0.5, 0.6) is 0 Å². The van der Waals surface area contributed by atoms with E-state index in [-0.39, 0.29) is 10.9 Å². The van der Waals surface area contributed by atoms with E-state index in [4.69, 9.17) is 0 Å². The number of aromatic nitrogens is 2. The van der Waals surface area contributed by atoms with Crippen LogP contribution >= 0.6 is 0 Å². The quantitative estimate of drug-likeness (QED) is 0.475. The number of esters is 1. The number of ether oxygens (including phenoxy) is 1. The van der Waals surface area contributed by atoms with Gasteiger partial charge in [0.05, 0.1) is 29.1 Å². The van der Waals surface area contributed by atoms with Crippen LogP contribution < -0.4 is 4.72 Å². The molecule has 2 N–H and O–H groups in total. The lowest BCUT2D eigenvalue weighted by Gasteiger charge is -2.10. The molecule has 27 heavy (non-hydrogen) atoms. The molecule has 0 spiro atoms. The van der Waals surface area contributed by atoms with Crippen LogP contribution in [0.2, 0.25) is 0 Å². The summed E-state index contributed by atoms with van der Waals surface area (Å²) in [6.07, 6.45) is 4.94. The van der Waals surface area contributed by atoms with Gasteiger partial charge in [-0.2, -0.15) is 5.10 Å². The Kier molecular flexibility index (Phi) is 7.41. The Morgan fingerprint density at radius 3 is 2.59 bits per heavy atom. The molecule has 1 aromatic heterocycles. The molecule has 0 aliphatic heterocycles. The van der Waals surface area contributed by atoms with Crippen LogP contribution in [-0.4, -0.2) is 31.7 Å². The fraction of sp³-hybridized carbons (Fsp3) is 0.474. The van der Waals surface area contributed by atoms with Crippen molar-refractivity contribution in [3.63, 3.8) is 0 Å². The van der Waals surface area contributed by atoms with Crippen molar-refractivity contribution in [1.82, 2.24) is 10.2 Å². The van der Waals surface area contributed by atoms with E-state index < -0.39 is 10.0 Å². The zero-order chi connectivity index (χ0) is 19.9. The molecule has 0 aliphatic carbocycles. The Morgan fingerprint density at radius 2 is 1.93 bits per heavy atom. The maximum absolute atomic E-state index is 12.7. The zero-order valence-corrected chi connectivity index (χ0v) is 16.9. The summed E-state index contributed by atoms with van der Waals surface area (Å²) in [5.41, 5.74) is 2.76. The highest BCUT2D eigenvalue weighted by Crippen LogP contribution is 2.22. The van der Waals surface area contributed by atoms with Crippen molar-refractivity contribution in [2.45, 2.75) is 57.3 Å². The lowest BCUT2D eigenvalue weighted by Crippen LogP contribution is -2.14. The Hall–Kier alpha value is -2.35. The number of aromatic amines is 1. The second-order valence-electron chi connectivity index (χ2n) is 6.55. The number of nitrogens with zero attached hydrogens (tertiary/aromatic N) is 1. The molecular weight excluding hydrogens is 366 g/mol. The highest BCUT2D eigenvalue weighted by atomic mass is 32.2. The predicted molar refractivity (Wildman–Crippen MR) is 104 cm³/mol. The summed E-state index contributed by atoms with van der Waals surface area (Å²) in [4.78, 5) is 11.3. The molecule has 0 bridgehead atoms. The van der Waals surface area contributed by atoms with E-state index in [1.807, 2.05) is 6.07 Å². The van der Waals surface area contributed by atoms with Gasteiger partial charge in [-0.3, -0.25) is 14.6 Å². The van der Waals surface area contributed by atoms with Crippen LogP contribution in [0.15, 0.2) is 29.2 Å². The molecule has 1 aromatic carbocycles. The summed E-state index contributed by atoms with van der Waals surface area (Å²) >= 11 is 0. The monoisotopic (exact) mass is 393 g/mol. The fourth-order valence-electron chi connectivity index (χ4n) is 2.82. The molecule has 0 unspecified atom stereocenters. The van der Waals surface area contributed by atoms with Gasteiger partial charge in [-0.1, -0.05) is 25.0 Å². The molecule has 0 saturated heterocycles. The molecule has 0 aliphatic rings. The first-order valence-electron chi connectivity index (χ1n) is 9.03. The third-order valence-electron chi connectivity index (χ3n) is 4.40. The highest BCUT2D eigenvalue weighted by Gasteiger charge is 2.18. The Labute approximate surface area is 160 Å². The number of aryl methyl sites for hydroxylation is 3. The van der Waals surface area contributed by atoms with E-state index in [1.54, 1.807) is 32.0 Å². The fourth-order valence-corrected chi connectivity index (χ4v) is 4.07. The van der Waals surface area contributed by atoms with Crippen LogP contribution in [0.1, 0.15) is 49.1 Å². The molecule has 0 fully saturated rings. The molecule has 0 amide bonds. The SMILES string of the molecule is COC(=O)CCCCCCc1cccc(S(=O)(=O)Nc2c(C)n[nH]c2C)c1. The van der Waals surface area contributed by atoms with Crippen LogP contribution in [0.3, 0.4) is 0 Å². The van der Waals surface area contributed by atoms with Crippen molar-refractivity contribution in [2.75, 3.05) is 11.8 Å². The van der Waals surface area contributed by atoms with Gasteiger partial charge in [-0.15, -0.1) is 0 Å². The number of unbranched alkanes of at least 4 members (excludes halogenated alkanes) is 3. The number of carbonyl (C=O) groups excluding carboxylic acids is 1. The van der Waals surface area contributed by atoms with Gasteiger partial charge in [0.15, 0.2) is 0 Å². The molecule has 0 radical (unpaired) electrons. The topological polar surface area (TPSA) is 101 Å². The number of hydrogen-bond acceptors (Lipinski definition) is 5. The number of H-pyrrole nitrogens is 1. The number of hydrogen-bond donors (Lipinski definition) is 2. The van der Waals surface area contributed by atoms with Crippen LogP contribution in [0, 0.1) is 13.8 Å². The maximum Gasteiger partial charge on any atom is 0.305 e. The van der Waals surface area contributed by atoms with Gasteiger partial charge >= 0.3 is 5.97 Å². The molecule has 1 heterocycles. The van der Waals surface area contributed by atoms with Gasteiger partial charge in [-0.25, -0.2) is 8.42 Å². The molecule has 2 rings (SSSR count). The third-order valence-corrected chi connectivity index (χ3v) is 5.74. The summed E-state index contributed by atoms with van der Waals surface area (Å²) in [5, 5.41) is 6.78. The first-order valence-corrected chi connectivity index (χ1v) is 10.5. The van der Waals surface area contributed by atoms with Crippen LogP contribution in [0.25, 0.3) is 0 Å².